The summed E-state index contributed by atoms with van der Waals surface area (Å²) in [5, 5.41) is 16.0. The Hall–Kier alpha value is -4.47. The Bertz CT molecular complexity index is 1280. The number of Topliss-reactive ketones (excluding diaryl/α,β-unsaturated/α-hetero) is 1. The number of ketones is 1. The van der Waals surface area contributed by atoms with Gasteiger partial charge in [0.05, 0.1) is 12.1 Å². The number of hydrogen-bond acceptors (Lipinski definition) is 7. The molecule has 0 saturated heterocycles. The lowest BCUT2D eigenvalue weighted by Gasteiger charge is -2.03. The Labute approximate surface area is 175 Å². The summed E-state index contributed by atoms with van der Waals surface area (Å²) in [5.41, 5.74) is 0.464. The molecule has 0 atom stereocenters. The number of carboxylic acids is 1. The monoisotopic (exact) mass is 420 g/mol. The van der Waals surface area contributed by atoms with Gasteiger partial charge in [0.1, 0.15) is 5.76 Å². The zero-order valence-corrected chi connectivity index (χ0v) is 16.2. The van der Waals surface area contributed by atoms with E-state index in [9.17, 15) is 14.4 Å². The van der Waals surface area contributed by atoms with Gasteiger partial charge >= 0.3 is 5.97 Å². The maximum Gasteiger partial charge on any atom is 0.335 e. The van der Waals surface area contributed by atoms with Crippen molar-refractivity contribution in [1.82, 2.24) is 14.8 Å². The molecule has 10 heteroatoms. The second-order valence-corrected chi connectivity index (χ2v) is 6.59. The molecule has 4 rings (SSSR count). The van der Waals surface area contributed by atoms with Gasteiger partial charge in [-0.2, -0.15) is 5.10 Å². The average Bonchev–Trinajstić information content (AvgIpc) is 3.49. The second kappa shape index (κ2) is 8.11. The molecule has 3 aromatic heterocycles. The van der Waals surface area contributed by atoms with Crippen molar-refractivity contribution in [1.29, 1.82) is 0 Å². The summed E-state index contributed by atoms with van der Waals surface area (Å²) in [4.78, 5) is 39.1. The second-order valence-electron chi connectivity index (χ2n) is 6.59. The van der Waals surface area contributed by atoms with Crippen molar-refractivity contribution in [3.8, 4) is 11.3 Å². The van der Waals surface area contributed by atoms with Crippen LogP contribution in [-0.4, -0.2) is 37.5 Å². The third-order valence-corrected chi connectivity index (χ3v) is 4.36. The van der Waals surface area contributed by atoms with Gasteiger partial charge in [0.25, 0.3) is 5.91 Å². The molecule has 0 bridgehead atoms. The number of nitrogens with one attached hydrogen (secondary N) is 1. The quantitative estimate of drug-likeness (QED) is 0.434. The number of carbonyl (C=O) groups excluding carboxylic acids is 2. The molecule has 0 radical (unpaired) electrons. The van der Waals surface area contributed by atoms with E-state index in [1.54, 1.807) is 41.2 Å². The van der Waals surface area contributed by atoms with E-state index in [-0.39, 0.29) is 40.9 Å². The van der Waals surface area contributed by atoms with Crippen molar-refractivity contribution in [3.63, 3.8) is 0 Å². The predicted molar refractivity (Wildman–Crippen MR) is 107 cm³/mol. The van der Waals surface area contributed by atoms with E-state index in [1.165, 1.54) is 19.1 Å². The molecular formula is C21H16N4O6. The molecule has 2 N–H and O–H groups in total. The molecule has 0 fully saturated rings. The van der Waals surface area contributed by atoms with E-state index in [1.807, 2.05) is 0 Å². The molecular weight excluding hydrogens is 404 g/mol. The highest BCUT2D eigenvalue weighted by atomic mass is 16.4. The molecule has 0 aliphatic rings. The lowest BCUT2D eigenvalue weighted by molar-refractivity contribution is 0.0696. The lowest BCUT2D eigenvalue weighted by atomic mass is 10.1. The van der Waals surface area contributed by atoms with E-state index < -0.39 is 11.9 Å². The van der Waals surface area contributed by atoms with Crippen LogP contribution in [0, 0.1) is 0 Å². The zero-order valence-electron chi connectivity index (χ0n) is 16.2. The summed E-state index contributed by atoms with van der Waals surface area (Å²) < 4.78 is 12.3. The number of anilines is 1. The number of carbonyl (C=O) groups is 3. The summed E-state index contributed by atoms with van der Waals surface area (Å²) in [6.45, 7) is 1.70. The van der Waals surface area contributed by atoms with E-state index in [0.717, 1.165) is 6.39 Å². The number of amides is 1. The van der Waals surface area contributed by atoms with Crippen molar-refractivity contribution >= 4 is 23.5 Å². The first-order chi connectivity index (χ1) is 14.9. The molecule has 4 aromatic rings. The van der Waals surface area contributed by atoms with Crippen molar-refractivity contribution < 1.29 is 28.3 Å². The molecule has 0 aliphatic carbocycles. The maximum absolute atomic E-state index is 12.7. The van der Waals surface area contributed by atoms with E-state index in [2.05, 4.69) is 15.4 Å². The third-order valence-electron chi connectivity index (χ3n) is 4.36. The Morgan fingerprint density at radius 1 is 1.16 bits per heavy atom. The van der Waals surface area contributed by atoms with Crippen LogP contribution in [0.5, 0.6) is 0 Å². The molecule has 3 heterocycles. The molecule has 0 unspecified atom stereocenters. The molecule has 0 aliphatic heterocycles. The lowest BCUT2D eigenvalue weighted by Crippen LogP contribution is -2.14. The van der Waals surface area contributed by atoms with Gasteiger partial charge in [-0.15, -0.1) is 0 Å². The first-order valence-corrected chi connectivity index (χ1v) is 9.12. The minimum Gasteiger partial charge on any atom is -0.478 e. The fraction of sp³-hybridized carbons (Fsp3) is 0.0952. The SMILES string of the molecule is CC(=O)c1ccc(Cn2ccc(NC(=O)c3ncoc3-c3cccc(C(=O)O)c3)n2)o1. The summed E-state index contributed by atoms with van der Waals surface area (Å²) >= 11 is 0. The number of nitrogens with zero attached hydrogens (tertiary/aromatic N) is 3. The van der Waals surface area contributed by atoms with Gasteiger partial charge in [-0.1, -0.05) is 12.1 Å². The topological polar surface area (TPSA) is 140 Å². The van der Waals surface area contributed by atoms with Crippen LogP contribution in [0.4, 0.5) is 5.82 Å². The minimum absolute atomic E-state index is 0.00535. The van der Waals surface area contributed by atoms with Crippen molar-refractivity contribution in [2.45, 2.75) is 13.5 Å². The van der Waals surface area contributed by atoms with Gasteiger partial charge in [0, 0.05) is 24.8 Å². The highest BCUT2D eigenvalue weighted by molar-refractivity contribution is 6.06. The number of aromatic nitrogens is 3. The van der Waals surface area contributed by atoms with Gasteiger partial charge in [0.2, 0.25) is 0 Å². The van der Waals surface area contributed by atoms with Gasteiger partial charge in [-0.3, -0.25) is 14.3 Å². The van der Waals surface area contributed by atoms with Crippen LogP contribution < -0.4 is 5.32 Å². The molecule has 0 saturated carbocycles. The van der Waals surface area contributed by atoms with Crippen LogP contribution in [0.2, 0.25) is 0 Å². The van der Waals surface area contributed by atoms with Crippen LogP contribution in [-0.2, 0) is 6.54 Å². The first-order valence-electron chi connectivity index (χ1n) is 9.12. The zero-order chi connectivity index (χ0) is 22.0. The summed E-state index contributed by atoms with van der Waals surface area (Å²) in [7, 11) is 0. The highest BCUT2D eigenvalue weighted by Crippen LogP contribution is 2.25. The number of oxazole rings is 1. The average molecular weight is 420 g/mol. The van der Waals surface area contributed by atoms with Gasteiger partial charge < -0.3 is 19.3 Å². The molecule has 31 heavy (non-hydrogen) atoms. The van der Waals surface area contributed by atoms with Crippen LogP contribution in [0.15, 0.2) is 63.9 Å². The number of hydrogen-bond donors (Lipinski definition) is 2. The molecule has 156 valence electrons. The molecule has 1 aromatic carbocycles. The largest absolute Gasteiger partial charge is 0.478 e. The number of aromatic carboxylic acids is 1. The van der Waals surface area contributed by atoms with E-state index in [4.69, 9.17) is 13.9 Å². The van der Waals surface area contributed by atoms with Gasteiger partial charge in [0.15, 0.2) is 35.2 Å². The number of carboxylic acid groups (broad SMARTS) is 1. The molecule has 1 amide bonds. The van der Waals surface area contributed by atoms with E-state index >= 15 is 0 Å². The molecule has 10 nitrogen and oxygen atoms in total. The fourth-order valence-corrected chi connectivity index (χ4v) is 2.91. The van der Waals surface area contributed by atoms with Crippen LogP contribution in [0.3, 0.4) is 0 Å². The smallest absolute Gasteiger partial charge is 0.335 e. The van der Waals surface area contributed by atoms with Crippen LogP contribution in [0.1, 0.15) is 44.1 Å². The predicted octanol–water partition coefficient (Wildman–Crippen LogP) is 3.33. The maximum atomic E-state index is 12.7. The van der Waals surface area contributed by atoms with Crippen LogP contribution >= 0.6 is 0 Å². The highest BCUT2D eigenvalue weighted by Gasteiger charge is 2.20. The Balaban J connectivity index is 1.49. The van der Waals surface area contributed by atoms with Crippen molar-refractivity contribution in [3.05, 3.63) is 77.8 Å². The Kier molecular flexibility index (Phi) is 5.19. The number of benzene rings is 1. The Morgan fingerprint density at radius 2 is 2.00 bits per heavy atom. The van der Waals surface area contributed by atoms with Crippen molar-refractivity contribution in [2.75, 3.05) is 5.32 Å². The number of rotatable bonds is 7. The molecule has 0 spiro atoms. The normalized spacial score (nSPS) is 10.7. The Morgan fingerprint density at radius 3 is 2.74 bits per heavy atom. The minimum atomic E-state index is -1.09. The summed E-state index contributed by atoms with van der Waals surface area (Å²) in [6, 6.07) is 10.9. The van der Waals surface area contributed by atoms with Crippen molar-refractivity contribution in [2.24, 2.45) is 0 Å². The fourth-order valence-electron chi connectivity index (χ4n) is 2.91. The van der Waals surface area contributed by atoms with Gasteiger partial charge in [-0.25, -0.2) is 9.78 Å². The standard InChI is InChI=1S/C21H16N4O6/c1-12(26)16-6-5-15(31-16)10-25-8-7-17(24-25)23-20(27)18-19(30-11-22-18)13-3-2-4-14(9-13)21(28)29/h2-9,11H,10H2,1H3,(H,28,29)(H,23,24,27). The third kappa shape index (κ3) is 4.27. The first kappa shape index (κ1) is 19.8. The van der Waals surface area contributed by atoms with E-state index in [0.29, 0.717) is 11.3 Å². The van der Waals surface area contributed by atoms with Crippen LogP contribution in [0.25, 0.3) is 11.3 Å². The summed E-state index contributed by atoms with van der Waals surface area (Å²) in [5.74, 6) is -0.595. The summed E-state index contributed by atoms with van der Waals surface area (Å²) in [6.07, 6.45) is 2.76. The van der Waals surface area contributed by atoms with Gasteiger partial charge in [-0.05, 0) is 24.3 Å². The number of furan rings is 1.